The number of nitrogens with one attached hydrogen (secondary N) is 1. The van der Waals surface area contributed by atoms with Crippen molar-refractivity contribution in [2.45, 2.75) is 31.6 Å². The van der Waals surface area contributed by atoms with E-state index >= 15 is 0 Å². The predicted molar refractivity (Wildman–Crippen MR) is 262 cm³/mol. The van der Waals surface area contributed by atoms with Crippen LogP contribution >= 0.6 is 0 Å². The number of rotatable bonds is 9. The average molecular weight is 798 g/mol. The first-order valence-corrected chi connectivity index (χ1v) is 21.6. The summed E-state index contributed by atoms with van der Waals surface area (Å²) in [6, 6.07) is 74.6. The Hall–Kier alpha value is -7.30. The Kier molecular flexibility index (Phi) is 9.30. The molecule has 11 rings (SSSR count). The molecule has 9 aromatic carbocycles. The smallest absolute Gasteiger partial charge is 0.105 e. The SMILES string of the molecule is CC1(C)c2cc3ccccc3cc2-c2c(-c3cccc(/C=C/C(NC(N)c4ccccc4)n4c5ccc(-c6ccccc6)cc5c5cc(-c6ccccc6)ccc54)c3)cccc21. The van der Waals surface area contributed by atoms with E-state index in [0.717, 1.165) is 22.2 Å². The quantitative estimate of drug-likeness (QED) is 0.143. The second-order valence-electron chi connectivity index (χ2n) is 17.1. The zero-order valence-corrected chi connectivity index (χ0v) is 35.0. The molecule has 1 heterocycles. The van der Waals surface area contributed by atoms with E-state index in [1.54, 1.807) is 0 Å². The molecule has 0 saturated carbocycles. The summed E-state index contributed by atoms with van der Waals surface area (Å²) >= 11 is 0. The highest BCUT2D eigenvalue weighted by molar-refractivity contribution is 6.11. The summed E-state index contributed by atoms with van der Waals surface area (Å²) in [5.41, 5.74) is 24.0. The fraction of sp³-hybridized carbons (Fsp3) is 0.0847. The molecule has 0 bridgehead atoms. The summed E-state index contributed by atoms with van der Waals surface area (Å²) in [7, 11) is 0. The van der Waals surface area contributed by atoms with Gasteiger partial charge in [-0.1, -0.05) is 184 Å². The van der Waals surface area contributed by atoms with Crippen LogP contribution in [0.4, 0.5) is 0 Å². The summed E-state index contributed by atoms with van der Waals surface area (Å²) in [6.45, 7) is 4.73. The van der Waals surface area contributed by atoms with Crippen LogP contribution in [0.2, 0.25) is 0 Å². The van der Waals surface area contributed by atoms with Gasteiger partial charge in [0.25, 0.3) is 0 Å². The molecule has 3 N–H and O–H groups in total. The van der Waals surface area contributed by atoms with Gasteiger partial charge in [0.2, 0.25) is 0 Å². The maximum Gasteiger partial charge on any atom is 0.105 e. The first-order chi connectivity index (χ1) is 30.4. The van der Waals surface area contributed by atoms with Gasteiger partial charge in [0.15, 0.2) is 0 Å². The largest absolute Gasteiger partial charge is 0.321 e. The lowest BCUT2D eigenvalue weighted by Gasteiger charge is -2.24. The van der Waals surface area contributed by atoms with Crippen molar-refractivity contribution in [2.75, 3.05) is 0 Å². The van der Waals surface area contributed by atoms with Gasteiger partial charge in [0.05, 0.1) is 17.2 Å². The highest BCUT2D eigenvalue weighted by Gasteiger charge is 2.37. The molecule has 10 aromatic rings. The van der Waals surface area contributed by atoms with Crippen molar-refractivity contribution in [3.63, 3.8) is 0 Å². The van der Waals surface area contributed by atoms with Gasteiger partial charge in [-0.05, 0) is 126 Å². The van der Waals surface area contributed by atoms with E-state index in [4.69, 9.17) is 5.73 Å². The number of aromatic nitrogens is 1. The highest BCUT2D eigenvalue weighted by Crippen LogP contribution is 2.53. The highest BCUT2D eigenvalue weighted by atomic mass is 15.2. The van der Waals surface area contributed by atoms with E-state index < -0.39 is 6.17 Å². The van der Waals surface area contributed by atoms with Crippen LogP contribution in [-0.2, 0) is 5.41 Å². The van der Waals surface area contributed by atoms with E-state index in [1.165, 1.54) is 77.2 Å². The van der Waals surface area contributed by atoms with Crippen molar-refractivity contribution in [1.29, 1.82) is 0 Å². The van der Waals surface area contributed by atoms with Gasteiger partial charge in [0.1, 0.15) is 6.17 Å². The molecule has 0 radical (unpaired) electrons. The van der Waals surface area contributed by atoms with Crippen molar-refractivity contribution in [3.05, 3.63) is 235 Å². The lowest BCUT2D eigenvalue weighted by atomic mass is 9.81. The fourth-order valence-corrected chi connectivity index (χ4v) is 9.86. The first-order valence-electron chi connectivity index (χ1n) is 21.6. The van der Waals surface area contributed by atoms with E-state index in [9.17, 15) is 0 Å². The predicted octanol–water partition coefficient (Wildman–Crippen LogP) is 14.7. The molecule has 0 spiro atoms. The van der Waals surface area contributed by atoms with E-state index in [0.29, 0.717) is 0 Å². The average Bonchev–Trinajstić information content (AvgIpc) is 3.77. The third kappa shape index (κ3) is 6.55. The molecule has 0 fully saturated rings. The second kappa shape index (κ2) is 15.3. The van der Waals surface area contributed by atoms with Crippen molar-refractivity contribution in [2.24, 2.45) is 5.73 Å². The number of hydrogen-bond donors (Lipinski definition) is 2. The number of nitrogens with two attached hydrogens (primary N) is 1. The summed E-state index contributed by atoms with van der Waals surface area (Å²) in [4.78, 5) is 0. The number of nitrogens with zero attached hydrogens (tertiary/aromatic N) is 1. The molecule has 298 valence electrons. The first kappa shape index (κ1) is 37.7. The van der Waals surface area contributed by atoms with Crippen LogP contribution in [0.5, 0.6) is 0 Å². The fourth-order valence-electron chi connectivity index (χ4n) is 9.86. The third-order valence-corrected chi connectivity index (χ3v) is 13.0. The van der Waals surface area contributed by atoms with Gasteiger partial charge in [-0.2, -0.15) is 0 Å². The molecule has 0 aliphatic heterocycles. The molecule has 62 heavy (non-hydrogen) atoms. The van der Waals surface area contributed by atoms with Crippen LogP contribution in [0.1, 0.15) is 48.4 Å². The van der Waals surface area contributed by atoms with Gasteiger partial charge in [-0.15, -0.1) is 0 Å². The zero-order valence-electron chi connectivity index (χ0n) is 35.0. The molecule has 0 saturated heterocycles. The van der Waals surface area contributed by atoms with Gasteiger partial charge in [0, 0.05) is 16.2 Å². The zero-order chi connectivity index (χ0) is 41.8. The molecule has 1 aliphatic rings. The number of fused-ring (bicyclic) bond motifs is 7. The summed E-state index contributed by atoms with van der Waals surface area (Å²) in [5, 5.41) is 8.80. The summed E-state index contributed by atoms with van der Waals surface area (Å²) in [5.74, 6) is 0. The Balaban J connectivity index is 1.05. The Bertz CT molecular complexity index is 3210. The Labute approximate surface area is 363 Å². The van der Waals surface area contributed by atoms with Crippen molar-refractivity contribution in [1.82, 2.24) is 9.88 Å². The lowest BCUT2D eigenvalue weighted by Crippen LogP contribution is -2.34. The van der Waals surface area contributed by atoms with Crippen LogP contribution in [0.3, 0.4) is 0 Å². The summed E-state index contributed by atoms with van der Waals surface area (Å²) in [6.07, 6.45) is 3.82. The Morgan fingerprint density at radius 2 is 1.05 bits per heavy atom. The molecule has 0 amide bonds. The Morgan fingerprint density at radius 1 is 0.484 bits per heavy atom. The molecular formula is C59H47N3. The van der Waals surface area contributed by atoms with Gasteiger partial charge in [-0.25, -0.2) is 0 Å². The minimum atomic E-state index is -0.414. The van der Waals surface area contributed by atoms with Crippen molar-refractivity contribution >= 4 is 38.7 Å². The standard InChI is InChI=1S/C59H47N3/c1-59(2)52-27-15-26-48(57(52)51-37-43-23-12-13-24-44(43)38-53(51)59)47-25-14-16-39(34-47)28-33-56(61-58(60)42-21-10-5-11-22-42)62-54-31-29-45(40-17-6-3-7-18-40)35-49(54)50-36-46(30-32-55(50)62)41-19-8-4-9-20-41/h3-38,56,58,61H,60H2,1-2H3/b33-28+. The maximum atomic E-state index is 7.05. The van der Waals surface area contributed by atoms with E-state index in [2.05, 4.69) is 224 Å². The monoisotopic (exact) mass is 797 g/mol. The molecule has 1 aliphatic carbocycles. The molecule has 3 nitrogen and oxygen atoms in total. The molecular weight excluding hydrogens is 751 g/mol. The van der Waals surface area contributed by atoms with Crippen LogP contribution in [0.25, 0.3) is 83.2 Å². The van der Waals surface area contributed by atoms with E-state index in [1.807, 2.05) is 18.2 Å². The minimum Gasteiger partial charge on any atom is -0.321 e. The number of benzene rings is 9. The molecule has 3 heteroatoms. The summed E-state index contributed by atoms with van der Waals surface area (Å²) < 4.78 is 2.42. The lowest BCUT2D eigenvalue weighted by molar-refractivity contribution is 0.433. The van der Waals surface area contributed by atoms with Crippen molar-refractivity contribution < 1.29 is 0 Å². The molecule has 2 unspecified atom stereocenters. The van der Waals surface area contributed by atoms with Crippen molar-refractivity contribution in [3.8, 4) is 44.5 Å². The second-order valence-corrected chi connectivity index (χ2v) is 17.1. The van der Waals surface area contributed by atoms with Gasteiger partial charge in [-0.3, -0.25) is 5.32 Å². The number of hydrogen-bond acceptors (Lipinski definition) is 2. The van der Waals surface area contributed by atoms with Crippen LogP contribution in [-0.4, -0.2) is 4.57 Å². The molecule has 1 aromatic heterocycles. The van der Waals surface area contributed by atoms with Crippen LogP contribution in [0.15, 0.2) is 212 Å². The normalized spacial score (nSPS) is 14.0. The van der Waals surface area contributed by atoms with Gasteiger partial charge >= 0.3 is 0 Å². The van der Waals surface area contributed by atoms with Crippen LogP contribution < -0.4 is 11.1 Å². The van der Waals surface area contributed by atoms with Crippen LogP contribution in [0, 0.1) is 0 Å². The maximum absolute atomic E-state index is 7.05. The molecule has 2 atom stereocenters. The van der Waals surface area contributed by atoms with E-state index in [-0.39, 0.29) is 11.6 Å². The topological polar surface area (TPSA) is 43.0 Å². The van der Waals surface area contributed by atoms with Gasteiger partial charge < -0.3 is 10.3 Å². The minimum absolute atomic E-state index is 0.106. The third-order valence-electron chi connectivity index (χ3n) is 13.0. The Morgan fingerprint density at radius 3 is 1.69 bits per heavy atom.